The summed E-state index contributed by atoms with van der Waals surface area (Å²) in [5, 5.41) is 11.6. The van der Waals surface area contributed by atoms with Crippen molar-refractivity contribution in [2.45, 2.75) is 6.92 Å². The zero-order valence-corrected chi connectivity index (χ0v) is 19.5. The van der Waals surface area contributed by atoms with Gasteiger partial charge < -0.3 is 28.7 Å². The number of hydrogen-bond donors (Lipinski definition) is 0. The molecule has 0 spiro atoms. The molecule has 1 heterocycles. The van der Waals surface area contributed by atoms with Gasteiger partial charge >= 0.3 is 0 Å². The minimum absolute atomic E-state index is 0.0911. The molecule has 2 aromatic carbocycles. The average Bonchev–Trinajstić information content (AvgIpc) is 2.87. The highest BCUT2D eigenvalue weighted by Gasteiger charge is 2.31. The summed E-state index contributed by atoms with van der Waals surface area (Å²) >= 11 is 0. The number of piperazine rings is 1. The fourth-order valence-corrected chi connectivity index (χ4v) is 3.70. The van der Waals surface area contributed by atoms with E-state index in [9.17, 15) is 19.7 Å². The van der Waals surface area contributed by atoms with E-state index in [2.05, 4.69) is 0 Å². The second-order valence-electron chi connectivity index (χ2n) is 7.40. The molecule has 11 nitrogen and oxygen atoms in total. The summed E-state index contributed by atoms with van der Waals surface area (Å²) in [4.78, 5) is 40.3. The van der Waals surface area contributed by atoms with Crippen molar-refractivity contribution in [3.05, 3.63) is 51.6 Å². The maximum Gasteiger partial charge on any atom is 0.286 e. The van der Waals surface area contributed by atoms with Crippen molar-refractivity contribution in [2.75, 3.05) is 54.1 Å². The highest BCUT2D eigenvalue weighted by molar-refractivity contribution is 5.99. The van der Waals surface area contributed by atoms with Gasteiger partial charge in [0.25, 0.3) is 17.5 Å². The Morgan fingerprint density at radius 1 is 0.853 bits per heavy atom. The second-order valence-corrected chi connectivity index (χ2v) is 7.40. The van der Waals surface area contributed by atoms with Crippen LogP contribution >= 0.6 is 0 Å². The molecule has 0 aromatic heterocycles. The van der Waals surface area contributed by atoms with Crippen LogP contribution in [0.2, 0.25) is 0 Å². The van der Waals surface area contributed by atoms with Crippen LogP contribution in [0.1, 0.15) is 27.6 Å². The molecule has 34 heavy (non-hydrogen) atoms. The summed E-state index contributed by atoms with van der Waals surface area (Å²) in [5.41, 5.74) is -0.0537. The van der Waals surface area contributed by atoms with Crippen LogP contribution in [0, 0.1) is 10.1 Å². The Labute approximate surface area is 196 Å². The molecule has 1 fully saturated rings. The lowest BCUT2D eigenvalue weighted by Crippen LogP contribution is -2.50. The van der Waals surface area contributed by atoms with Crippen LogP contribution in [0.25, 0.3) is 0 Å². The number of carbonyl (C=O) groups is 2. The van der Waals surface area contributed by atoms with Crippen LogP contribution in [0.4, 0.5) is 5.69 Å². The van der Waals surface area contributed by atoms with Crippen molar-refractivity contribution in [2.24, 2.45) is 0 Å². The lowest BCUT2D eigenvalue weighted by molar-refractivity contribution is -0.385. The second kappa shape index (κ2) is 10.7. The van der Waals surface area contributed by atoms with Crippen molar-refractivity contribution in [3.8, 4) is 23.0 Å². The molecule has 11 heteroatoms. The van der Waals surface area contributed by atoms with Crippen molar-refractivity contribution in [1.82, 2.24) is 9.80 Å². The number of ether oxygens (including phenoxy) is 4. The Bertz CT molecular complexity index is 1060. The first-order chi connectivity index (χ1) is 16.3. The predicted molar refractivity (Wildman–Crippen MR) is 122 cm³/mol. The van der Waals surface area contributed by atoms with Crippen molar-refractivity contribution in [1.29, 1.82) is 0 Å². The minimum Gasteiger partial charge on any atom is -0.497 e. The highest BCUT2D eigenvalue weighted by atomic mass is 16.6. The largest absolute Gasteiger partial charge is 0.497 e. The molecule has 0 unspecified atom stereocenters. The first kappa shape index (κ1) is 24.6. The van der Waals surface area contributed by atoms with Crippen molar-refractivity contribution >= 4 is 17.5 Å². The van der Waals surface area contributed by atoms with E-state index >= 15 is 0 Å². The molecule has 0 radical (unpaired) electrons. The van der Waals surface area contributed by atoms with Gasteiger partial charge in [-0.25, -0.2) is 0 Å². The molecule has 1 aliphatic rings. The Morgan fingerprint density at radius 2 is 1.41 bits per heavy atom. The highest BCUT2D eigenvalue weighted by Crippen LogP contribution is 2.35. The Morgan fingerprint density at radius 3 is 1.88 bits per heavy atom. The number of nitro groups is 1. The third-order valence-electron chi connectivity index (χ3n) is 5.46. The molecular weight excluding hydrogens is 446 g/mol. The Hall–Kier alpha value is -4.02. The molecule has 3 rings (SSSR count). The van der Waals surface area contributed by atoms with Gasteiger partial charge in [0.15, 0.2) is 11.5 Å². The van der Waals surface area contributed by atoms with Gasteiger partial charge in [-0.2, -0.15) is 0 Å². The van der Waals surface area contributed by atoms with Gasteiger partial charge in [0.2, 0.25) is 0 Å². The van der Waals surface area contributed by atoms with Gasteiger partial charge in [0, 0.05) is 43.9 Å². The third-order valence-corrected chi connectivity index (χ3v) is 5.46. The molecule has 1 aliphatic heterocycles. The van der Waals surface area contributed by atoms with Crippen LogP contribution in [-0.2, 0) is 0 Å². The average molecular weight is 473 g/mol. The summed E-state index contributed by atoms with van der Waals surface area (Å²) in [6.07, 6.45) is 0. The monoisotopic (exact) mass is 473 g/mol. The van der Waals surface area contributed by atoms with E-state index in [1.165, 1.54) is 38.4 Å². The Kier molecular flexibility index (Phi) is 7.77. The Balaban J connectivity index is 1.78. The van der Waals surface area contributed by atoms with E-state index in [0.717, 1.165) is 0 Å². The number of methoxy groups -OCH3 is 3. The quantitative estimate of drug-likeness (QED) is 0.424. The summed E-state index contributed by atoms with van der Waals surface area (Å²) in [6, 6.07) is 7.44. The number of hydrogen-bond acceptors (Lipinski definition) is 8. The predicted octanol–water partition coefficient (Wildman–Crippen LogP) is 2.62. The molecule has 0 N–H and O–H groups in total. The van der Waals surface area contributed by atoms with Crippen LogP contribution in [0.15, 0.2) is 30.3 Å². The van der Waals surface area contributed by atoms with Gasteiger partial charge in [0.05, 0.1) is 38.9 Å². The summed E-state index contributed by atoms with van der Waals surface area (Å²) in [5.74, 6) is 0.680. The van der Waals surface area contributed by atoms with E-state index in [4.69, 9.17) is 18.9 Å². The zero-order valence-electron chi connectivity index (χ0n) is 19.5. The van der Waals surface area contributed by atoms with E-state index in [-0.39, 0.29) is 54.8 Å². The molecule has 2 aromatic rings. The maximum absolute atomic E-state index is 13.2. The van der Waals surface area contributed by atoms with Crippen molar-refractivity contribution < 1.29 is 33.5 Å². The molecule has 0 saturated carbocycles. The molecule has 0 bridgehead atoms. The number of nitrogens with zero attached hydrogens (tertiary/aromatic N) is 3. The molecule has 0 aliphatic carbocycles. The van der Waals surface area contributed by atoms with Crippen LogP contribution in [-0.4, -0.2) is 80.7 Å². The lowest BCUT2D eigenvalue weighted by atomic mass is 10.1. The smallest absolute Gasteiger partial charge is 0.286 e. The fourth-order valence-electron chi connectivity index (χ4n) is 3.70. The summed E-state index contributed by atoms with van der Waals surface area (Å²) < 4.78 is 21.1. The van der Waals surface area contributed by atoms with E-state index < -0.39 is 10.8 Å². The molecule has 182 valence electrons. The number of amides is 2. The number of nitro benzene ring substituents is 1. The van der Waals surface area contributed by atoms with Crippen LogP contribution in [0.5, 0.6) is 23.0 Å². The summed E-state index contributed by atoms with van der Waals surface area (Å²) in [6.45, 7) is 3.05. The first-order valence-corrected chi connectivity index (χ1v) is 10.6. The van der Waals surface area contributed by atoms with E-state index in [0.29, 0.717) is 23.7 Å². The fraction of sp³-hybridized carbons (Fsp3) is 0.391. The van der Waals surface area contributed by atoms with Crippen molar-refractivity contribution in [3.63, 3.8) is 0 Å². The molecule has 1 saturated heterocycles. The number of rotatable bonds is 8. The van der Waals surface area contributed by atoms with Gasteiger partial charge in [0.1, 0.15) is 17.1 Å². The molecular formula is C23H27N3O8. The third kappa shape index (κ3) is 5.13. The minimum atomic E-state index is -0.624. The summed E-state index contributed by atoms with van der Waals surface area (Å²) in [7, 11) is 4.38. The van der Waals surface area contributed by atoms with E-state index in [1.807, 2.05) is 0 Å². The number of benzene rings is 2. The SMILES string of the molecule is CCOc1cc(C(=O)N2CCN(C(=O)c3cc(OC)cc(OC)c3)CC2)c([N+](=O)[O-])cc1OC. The van der Waals surface area contributed by atoms with E-state index in [1.54, 1.807) is 30.0 Å². The molecule has 2 amide bonds. The normalized spacial score (nSPS) is 13.3. The zero-order chi connectivity index (χ0) is 24.8. The van der Waals surface area contributed by atoms with Gasteiger partial charge in [-0.3, -0.25) is 19.7 Å². The lowest BCUT2D eigenvalue weighted by Gasteiger charge is -2.35. The first-order valence-electron chi connectivity index (χ1n) is 10.6. The van der Waals surface area contributed by atoms with Gasteiger partial charge in [-0.05, 0) is 19.1 Å². The topological polar surface area (TPSA) is 121 Å². The molecule has 0 atom stereocenters. The van der Waals surface area contributed by atoms with Crippen LogP contribution < -0.4 is 18.9 Å². The van der Waals surface area contributed by atoms with Crippen LogP contribution in [0.3, 0.4) is 0 Å². The van der Waals surface area contributed by atoms with Gasteiger partial charge in [-0.1, -0.05) is 0 Å². The maximum atomic E-state index is 13.2. The van der Waals surface area contributed by atoms with Gasteiger partial charge in [-0.15, -0.1) is 0 Å². The standard InChI is InChI=1S/C23H27N3O8/c1-5-34-21-13-18(19(26(29)30)14-20(21)33-4)23(28)25-8-6-24(7-9-25)22(27)15-10-16(31-2)12-17(11-15)32-3/h10-14H,5-9H2,1-4H3. The number of carbonyl (C=O) groups excluding carboxylic acids is 2.